The van der Waals surface area contributed by atoms with Crippen LogP contribution in [0.25, 0.3) is 11.3 Å². The van der Waals surface area contributed by atoms with E-state index in [-0.39, 0.29) is 5.91 Å². The van der Waals surface area contributed by atoms with Crippen molar-refractivity contribution >= 4 is 17.3 Å². The Labute approximate surface area is 193 Å². The number of nitrogens with zero attached hydrogens (tertiary/aromatic N) is 5. The second-order valence-electron chi connectivity index (χ2n) is 9.65. The van der Waals surface area contributed by atoms with E-state index < -0.39 is 0 Å². The number of piperidine rings is 1. The van der Waals surface area contributed by atoms with Gasteiger partial charge in [0.2, 0.25) is 0 Å². The molecule has 1 spiro atoms. The van der Waals surface area contributed by atoms with E-state index >= 15 is 0 Å². The van der Waals surface area contributed by atoms with Crippen molar-refractivity contribution in [2.24, 2.45) is 12.5 Å². The van der Waals surface area contributed by atoms with Gasteiger partial charge in [-0.05, 0) is 43.9 Å². The minimum Gasteiger partial charge on any atom is -0.380 e. The van der Waals surface area contributed by atoms with Gasteiger partial charge in [0, 0.05) is 43.2 Å². The number of aromatic nitrogens is 4. The van der Waals surface area contributed by atoms with E-state index in [2.05, 4.69) is 26.4 Å². The summed E-state index contributed by atoms with van der Waals surface area (Å²) in [5.41, 5.74) is 5.24. The fraction of sp³-hybridized carbons (Fsp3) is 0.440. The van der Waals surface area contributed by atoms with Gasteiger partial charge in [0.05, 0.1) is 48.4 Å². The molecule has 33 heavy (non-hydrogen) atoms. The number of rotatable bonds is 5. The molecule has 8 nitrogen and oxygen atoms in total. The van der Waals surface area contributed by atoms with Crippen LogP contribution in [0, 0.1) is 5.41 Å². The number of pyridine rings is 2. The Morgan fingerprint density at radius 1 is 1.18 bits per heavy atom. The molecule has 0 radical (unpaired) electrons. The van der Waals surface area contributed by atoms with Crippen LogP contribution >= 0.6 is 0 Å². The molecule has 3 aromatic rings. The van der Waals surface area contributed by atoms with E-state index in [0.717, 1.165) is 80.3 Å². The van der Waals surface area contributed by atoms with Gasteiger partial charge in [0.1, 0.15) is 5.69 Å². The van der Waals surface area contributed by atoms with Crippen molar-refractivity contribution in [3.63, 3.8) is 0 Å². The average Bonchev–Trinajstić information content (AvgIpc) is 3.57. The number of amides is 1. The van der Waals surface area contributed by atoms with Crippen LogP contribution in [0.2, 0.25) is 0 Å². The third kappa shape index (κ3) is 3.99. The van der Waals surface area contributed by atoms with Gasteiger partial charge in [-0.2, -0.15) is 5.10 Å². The van der Waals surface area contributed by atoms with Crippen molar-refractivity contribution in [3.05, 3.63) is 54.2 Å². The van der Waals surface area contributed by atoms with Gasteiger partial charge >= 0.3 is 0 Å². The maximum Gasteiger partial charge on any atom is 0.274 e. The monoisotopic (exact) mass is 444 g/mol. The highest BCUT2D eigenvalue weighted by molar-refractivity contribution is 6.03. The van der Waals surface area contributed by atoms with Gasteiger partial charge in [0.25, 0.3) is 5.91 Å². The zero-order valence-corrected chi connectivity index (χ0v) is 18.8. The van der Waals surface area contributed by atoms with Crippen LogP contribution in [-0.2, 0) is 11.8 Å². The SMILES string of the molecule is Cn1cc(-c2cccc(C(=O)Nc3cc(N4CCC5(CC4)COC5)cnc3C3CC3)n2)cn1. The molecule has 6 rings (SSSR count). The fourth-order valence-corrected chi connectivity index (χ4v) is 4.80. The summed E-state index contributed by atoms with van der Waals surface area (Å²) in [6.45, 7) is 3.78. The van der Waals surface area contributed by atoms with Crippen LogP contribution in [0.5, 0.6) is 0 Å². The van der Waals surface area contributed by atoms with Crippen LogP contribution in [-0.4, -0.2) is 52.0 Å². The van der Waals surface area contributed by atoms with Crippen molar-refractivity contribution < 1.29 is 9.53 Å². The molecule has 0 bridgehead atoms. The van der Waals surface area contributed by atoms with E-state index in [1.165, 1.54) is 0 Å². The Morgan fingerprint density at radius 2 is 2.00 bits per heavy atom. The van der Waals surface area contributed by atoms with E-state index in [1.54, 1.807) is 16.9 Å². The molecule has 3 aliphatic rings. The first-order valence-electron chi connectivity index (χ1n) is 11.7. The van der Waals surface area contributed by atoms with Gasteiger partial charge < -0.3 is 15.0 Å². The van der Waals surface area contributed by atoms with Crippen LogP contribution in [0.15, 0.2) is 42.9 Å². The number of carbonyl (C=O) groups excluding carboxylic acids is 1. The first-order valence-corrected chi connectivity index (χ1v) is 11.7. The van der Waals surface area contributed by atoms with E-state index in [1.807, 2.05) is 31.6 Å². The summed E-state index contributed by atoms with van der Waals surface area (Å²) < 4.78 is 7.18. The van der Waals surface area contributed by atoms with Crippen LogP contribution in [0.3, 0.4) is 0 Å². The third-order valence-electron chi connectivity index (χ3n) is 7.10. The fourth-order valence-electron chi connectivity index (χ4n) is 4.80. The summed E-state index contributed by atoms with van der Waals surface area (Å²) in [5.74, 6) is 0.214. The number of aryl methyl sites for hydroxylation is 1. The number of anilines is 2. The molecule has 1 aliphatic carbocycles. The second kappa shape index (κ2) is 7.95. The minimum absolute atomic E-state index is 0.217. The number of nitrogens with one attached hydrogen (secondary N) is 1. The zero-order valence-electron chi connectivity index (χ0n) is 18.8. The lowest BCUT2D eigenvalue weighted by atomic mass is 9.77. The van der Waals surface area contributed by atoms with Crippen molar-refractivity contribution in [1.29, 1.82) is 0 Å². The first kappa shape index (κ1) is 20.4. The molecule has 5 heterocycles. The quantitative estimate of drug-likeness (QED) is 0.647. The Kier molecular flexibility index (Phi) is 4.90. The lowest BCUT2D eigenvalue weighted by Crippen LogP contribution is -2.51. The Morgan fingerprint density at radius 3 is 2.67 bits per heavy atom. The molecule has 0 atom stereocenters. The molecule has 1 saturated carbocycles. The van der Waals surface area contributed by atoms with Crippen LogP contribution in [0.1, 0.15) is 47.8 Å². The van der Waals surface area contributed by atoms with Crippen molar-refractivity contribution in [1.82, 2.24) is 19.7 Å². The van der Waals surface area contributed by atoms with Gasteiger partial charge in [0.15, 0.2) is 0 Å². The van der Waals surface area contributed by atoms with E-state index in [9.17, 15) is 4.79 Å². The van der Waals surface area contributed by atoms with Gasteiger partial charge in [-0.15, -0.1) is 0 Å². The molecule has 2 saturated heterocycles. The summed E-state index contributed by atoms with van der Waals surface area (Å²) in [6, 6.07) is 7.59. The highest BCUT2D eigenvalue weighted by Crippen LogP contribution is 2.44. The molecular weight excluding hydrogens is 416 g/mol. The smallest absolute Gasteiger partial charge is 0.274 e. The highest BCUT2D eigenvalue weighted by Gasteiger charge is 2.41. The van der Waals surface area contributed by atoms with E-state index in [0.29, 0.717) is 17.0 Å². The molecule has 1 amide bonds. The highest BCUT2D eigenvalue weighted by atomic mass is 16.5. The topological polar surface area (TPSA) is 85.2 Å². The van der Waals surface area contributed by atoms with Crippen molar-refractivity contribution in [2.75, 3.05) is 36.5 Å². The van der Waals surface area contributed by atoms with Crippen molar-refractivity contribution in [3.8, 4) is 11.3 Å². The summed E-state index contributed by atoms with van der Waals surface area (Å²) in [5, 5.41) is 7.32. The summed E-state index contributed by atoms with van der Waals surface area (Å²) in [4.78, 5) is 24.9. The molecule has 8 heteroatoms. The largest absolute Gasteiger partial charge is 0.380 e. The van der Waals surface area contributed by atoms with Crippen LogP contribution in [0.4, 0.5) is 11.4 Å². The number of hydrogen-bond acceptors (Lipinski definition) is 6. The molecule has 3 aromatic heterocycles. The Hall–Kier alpha value is -3.26. The summed E-state index contributed by atoms with van der Waals surface area (Å²) >= 11 is 0. The number of hydrogen-bond donors (Lipinski definition) is 1. The van der Waals surface area contributed by atoms with Crippen LogP contribution < -0.4 is 10.2 Å². The number of carbonyl (C=O) groups is 1. The Bertz CT molecular complexity index is 1190. The second-order valence-corrected chi connectivity index (χ2v) is 9.65. The van der Waals surface area contributed by atoms with Crippen molar-refractivity contribution in [2.45, 2.75) is 31.6 Å². The first-order chi connectivity index (χ1) is 16.1. The summed E-state index contributed by atoms with van der Waals surface area (Å²) in [6.07, 6.45) is 10.1. The molecule has 3 fully saturated rings. The minimum atomic E-state index is -0.217. The standard InChI is InChI=1S/C25H28N6O2/c1-30-14-18(12-27-30)20-3-2-4-21(28-20)24(32)29-22-11-19(13-26-23(22)17-5-6-17)31-9-7-25(8-10-31)15-33-16-25/h2-4,11-14,17H,5-10,15-16H2,1H3,(H,29,32). The molecule has 1 N–H and O–H groups in total. The molecular formula is C25H28N6O2. The maximum atomic E-state index is 13.2. The molecule has 2 aliphatic heterocycles. The molecule has 0 aromatic carbocycles. The molecule has 170 valence electrons. The normalized spacial score (nSPS) is 19.4. The van der Waals surface area contributed by atoms with Gasteiger partial charge in [-0.1, -0.05) is 6.07 Å². The lowest BCUT2D eigenvalue weighted by molar-refractivity contribution is -0.124. The summed E-state index contributed by atoms with van der Waals surface area (Å²) in [7, 11) is 1.86. The predicted molar refractivity (Wildman–Crippen MR) is 125 cm³/mol. The number of ether oxygens (including phenoxy) is 1. The zero-order chi connectivity index (χ0) is 22.4. The van der Waals surface area contributed by atoms with E-state index in [4.69, 9.17) is 9.72 Å². The lowest BCUT2D eigenvalue weighted by Gasteiger charge is -2.47. The maximum absolute atomic E-state index is 13.2. The molecule has 0 unspecified atom stereocenters. The van der Waals surface area contributed by atoms with Gasteiger partial charge in [-0.3, -0.25) is 14.5 Å². The predicted octanol–water partition coefficient (Wildman–Crippen LogP) is 3.62. The average molecular weight is 445 g/mol. The third-order valence-corrected chi connectivity index (χ3v) is 7.10. The van der Waals surface area contributed by atoms with Gasteiger partial charge in [-0.25, -0.2) is 4.98 Å². The Balaban J connectivity index is 1.23.